The average Bonchev–Trinajstić information content (AvgIpc) is 2.67. The second-order valence-corrected chi connectivity index (χ2v) is 7.17. The van der Waals surface area contributed by atoms with Crippen molar-refractivity contribution in [2.75, 3.05) is 0 Å². The van der Waals surface area contributed by atoms with Gasteiger partial charge in [0.25, 0.3) is 0 Å². The smallest absolute Gasteiger partial charge is 0.201 e. The Bertz CT molecular complexity index is 1020. The molecule has 3 aromatic rings. The Morgan fingerprint density at radius 3 is 1.84 bits per heavy atom. The monoisotopic (exact) mass is 344 g/mol. The highest BCUT2D eigenvalue weighted by Crippen LogP contribution is 2.19. The van der Waals surface area contributed by atoms with E-state index < -0.39 is 9.84 Å². The summed E-state index contributed by atoms with van der Waals surface area (Å²) in [6.07, 6.45) is 0. The van der Waals surface area contributed by atoms with E-state index in [1.54, 1.807) is 30.3 Å². The first-order valence-corrected chi connectivity index (χ1v) is 9.34. The molecule has 0 aromatic heterocycles. The van der Waals surface area contributed by atoms with Gasteiger partial charge in [-0.2, -0.15) is 0 Å². The molecule has 0 aliphatic carbocycles. The fraction of sp³-hybridized carbons (Fsp3) is 0. The van der Waals surface area contributed by atoms with Crippen LogP contribution in [0.4, 0.5) is 0 Å². The molecule has 0 saturated heterocycles. The van der Waals surface area contributed by atoms with Gasteiger partial charge in [0.2, 0.25) is 9.84 Å². The molecular weight excluding hydrogens is 328 g/mol. The third kappa shape index (κ3) is 4.47. The fourth-order valence-electron chi connectivity index (χ4n) is 2.28. The van der Waals surface area contributed by atoms with Gasteiger partial charge in [0, 0.05) is 11.1 Å². The maximum absolute atomic E-state index is 12.7. The van der Waals surface area contributed by atoms with Gasteiger partial charge >= 0.3 is 0 Å². The van der Waals surface area contributed by atoms with Gasteiger partial charge in [-0.1, -0.05) is 78.6 Å². The number of allylic oxidation sites excluding steroid dienone is 1. The molecule has 0 aliphatic heterocycles. The maximum Gasteiger partial charge on any atom is 0.201 e. The molecule has 2 nitrogen and oxygen atoms in total. The largest absolute Gasteiger partial charge is 0.219 e. The predicted octanol–water partition coefficient (Wildman–Crippen LogP) is 4.55. The Morgan fingerprint density at radius 1 is 0.720 bits per heavy atom. The van der Waals surface area contributed by atoms with E-state index in [2.05, 4.69) is 11.8 Å². The predicted molar refractivity (Wildman–Crippen MR) is 101 cm³/mol. The highest BCUT2D eigenvalue weighted by molar-refractivity contribution is 7.94. The van der Waals surface area contributed by atoms with Crippen molar-refractivity contribution in [3.05, 3.63) is 108 Å². The Morgan fingerprint density at radius 2 is 1.24 bits per heavy atom. The van der Waals surface area contributed by atoms with Crippen molar-refractivity contribution in [1.29, 1.82) is 0 Å². The second-order valence-electron chi connectivity index (χ2n) is 5.37. The van der Waals surface area contributed by atoms with E-state index in [1.807, 2.05) is 60.7 Å². The minimum atomic E-state index is -3.58. The molecule has 0 N–H and O–H groups in total. The average molecular weight is 344 g/mol. The van der Waals surface area contributed by atoms with Crippen LogP contribution < -0.4 is 0 Å². The van der Waals surface area contributed by atoms with Crippen molar-refractivity contribution >= 4 is 15.4 Å². The highest BCUT2D eigenvalue weighted by Gasteiger charge is 2.12. The summed E-state index contributed by atoms with van der Waals surface area (Å²) in [5.74, 6) is 6.04. The summed E-state index contributed by atoms with van der Waals surface area (Å²) >= 11 is 0. The third-order valence-corrected chi connectivity index (χ3v) is 5.02. The van der Waals surface area contributed by atoms with E-state index in [9.17, 15) is 8.42 Å². The summed E-state index contributed by atoms with van der Waals surface area (Å²) in [6, 6.07) is 27.2. The summed E-state index contributed by atoms with van der Waals surface area (Å²) in [7, 11) is -3.58. The van der Waals surface area contributed by atoms with Gasteiger partial charge in [-0.15, -0.1) is 0 Å². The van der Waals surface area contributed by atoms with Crippen molar-refractivity contribution in [2.45, 2.75) is 4.90 Å². The van der Waals surface area contributed by atoms with Crippen LogP contribution >= 0.6 is 0 Å². The van der Waals surface area contributed by atoms with Gasteiger partial charge in [-0.25, -0.2) is 8.42 Å². The van der Waals surface area contributed by atoms with Crippen molar-refractivity contribution in [1.82, 2.24) is 0 Å². The van der Waals surface area contributed by atoms with Crippen LogP contribution in [0, 0.1) is 11.8 Å². The Kier molecular flexibility index (Phi) is 5.13. The van der Waals surface area contributed by atoms with Gasteiger partial charge in [0.1, 0.15) is 0 Å². The van der Waals surface area contributed by atoms with Gasteiger partial charge in [-0.05, 0) is 29.8 Å². The molecule has 0 atom stereocenters. The number of sulfone groups is 1. The molecule has 0 aliphatic rings. The van der Waals surface area contributed by atoms with Gasteiger partial charge < -0.3 is 0 Å². The van der Waals surface area contributed by atoms with Gasteiger partial charge in [0.05, 0.1) is 10.3 Å². The molecule has 0 amide bonds. The van der Waals surface area contributed by atoms with Crippen LogP contribution in [-0.4, -0.2) is 8.42 Å². The first-order chi connectivity index (χ1) is 12.1. The Labute approximate surface area is 148 Å². The molecule has 0 bridgehead atoms. The minimum Gasteiger partial charge on any atom is -0.219 e. The number of hydrogen-bond acceptors (Lipinski definition) is 2. The zero-order valence-corrected chi connectivity index (χ0v) is 14.3. The lowest BCUT2D eigenvalue weighted by atomic mass is 10.1. The van der Waals surface area contributed by atoms with E-state index in [1.165, 1.54) is 5.41 Å². The number of benzene rings is 3. The van der Waals surface area contributed by atoms with E-state index in [0.29, 0.717) is 5.57 Å². The second kappa shape index (κ2) is 7.65. The number of hydrogen-bond donors (Lipinski definition) is 0. The summed E-state index contributed by atoms with van der Waals surface area (Å²) < 4.78 is 25.4. The Balaban J connectivity index is 2.08. The van der Waals surface area contributed by atoms with E-state index >= 15 is 0 Å². The molecule has 0 unspecified atom stereocenters. The highest BCUT2D eigenvalue weighted by atomic mass is 32.2. The molecule has 3 aromatic carbocycles. The summed E-state index contributed by atoms with van der Waals surface area (Å²) in [5.41, 5.74) is 2.07. The molecule has 25 heavy (non-hydrogen) atoms. The topological polar surface area (TPSA) is 34.1 Å². The molecule has 3 rings (SSSR count). The molecular formula is C22H16O2S. The number of rotatable bonds is 3. The first-order valence-electron chi connectivity index (χ1n) is 7.79. The third-order valence-electron chi connectivity index (χ3n) is 3.54. The van der Waals surface area contributed by atoms with Crippen LogP contribution in [0.3, 0.4) is 0 Å². The molecule has 122 valence electrons. The van der Waals surface area contributed by atoms with Crippen molar-refractivity contribution in [2.24, 2.45) is 0 Å². The lowest BCUT2D eigenvalue weighted by Crippen LogP contribution is -1.97. The fourth-order valence-corrected chi connectivity index (χ4v) is 3.46. The molecule has 0 saturated carbocycles. The quantitative estimate of drug-likeness (QED) is 0.653. The molecule has 3 heteroatoms. The van der Waals surface area contributed by atoms with Crippen molar-refractivity contribution in [3.8, 4) is 11.8 Å². The summed E-state index contributed by atoms with van der Waals surface area (Å²) in [4.78, 5) is 0.255. The molecule has 0 radical (unpaired) electrons. The van der Waals surface area contributed by atoms with Crippen LogP contribution in [0.15, 0.2) is 101 Å². The van der Waals surface area contributed by atoms with Gasteiger partial charge in [0.15, 0.2) is 0 Å². The minimum absolute atomic E-state index is 0.255. The normalized spacial score (nSPS) is 11.4. The van der Waals surface area contributed by atoms with Crippen molar-refractivity contribution < 1.29 is 8.42 Å². The molecule has 0 spiro atoms. The molecule has 0 fully saturated rings. The van der Waals surface area contributed by atoms with E-state index in [-0.39, 0.29) is 4.90 Å². The lowest BCUT2D eigenvalue weighted by molar-refractivity contribution is 0.605. The summed E-state index contributed by atoms with van der Waals surface area (Å²) in [5, 5.41) is 1.24. The van der Waals surface area contributed by atoms with Crippen LogP contribution in [0.5, 0.6) is 0 Å². The van der Waals surface area contributed by atoms with Crippen LogP contribution in [0.25, 0.3) is 5.57 Å². The summed E-state index contributed by atoms with van der Waals surface area (Å²) in [6.45, 7) is 0. The Hall–Kier alpha value is -3.09. The zero-order chi connectivity index (χ0) is 17.5. The zero-order valence-electron chi connectivity index (χ0n) is 13.5. The van der Waals surface area contributed by atoms with Crippen LogP contribution in [0.2, 0.25) is 0 Å². The maximum atomic E-state index is 12.7. The standard InChI is InChI=1S/C22H16O2S/c23-25(24,22-14-8-3-9-15-22)18-21(20-12-6-2-7-13-20)17-16-19-10-4-1-5-11-19/h1-15,18H/b21-18-. The van der Waals surface area contributed by atoms with E-state index in [0.717, 1.165) is 11.1 Å². The first kappa shape index (κ1) is 16.8. The molecule has 0 heterocycles. The van der Waals surface area contributed by atoms with Crippen molar-refractivity contribution in [3.63, 3.8) is 0 Å². The van der Waals surface area contributed by atoms with E-state index in [4.69, 9.17) is 0 Å². The van der Waals surface area contributed by atoms with Crippen LogP contribution in [0.1, 0.15) is 11.1 Å². The van der Waals surface area contributed by atoms with Gasteiger partial charge in [-0.3, -0.25) is 0 Å². The van der Waals surface area contributed by atoms with Crippen LogP contribution in [-0.2, 0) is 9.84 Å². The SMILES string of the molecule is O=S(=O)(/C=C(/C#Cc1ccccc1)c1ccccc1)c1ccccc1. The lowest BCUT2D eigenvalue weighted by Gasteiger charge is -2.03.